The van der Waals surface area contributed by atoms with Crippen LogP contribution in [0.4, 0.5) is 0 Å². The molecule has 138 valence electrons. The third-order valence-corrected chi connectivity index (χ3v) is 4.72. The molecule has 0 radical (unpaired) electrons. The van der Waals surface area contributed by atoms with Crippen LogP contribution in [0.25, 0.3) is 10.9 Å². The van der Waals surface area contributed by atoms with E-state index in [0.717, 1.165) is 11.1 Å². The van der Waals surface area contributed by atoms with E-state index < -0.39 is 23.7 Å². The van der Waals surface area contributed by atoms with E-state index in [4.69, 9.17) is 0 Å². The molecule has 2 N–H and O–H groups in total. The number of carbonyl (C=O) groups excluding carboxylic acids is 2. The molecule has 1 atom stereocenters. The Labute approximate surface area is 156 Å². The zero-order valence-electron chi connectivity index (χ0n) is 15.1. The van der Waals surface area contributed by atoms with E-state index in [1.165, 1.54) is 0 Å². The Morgan fingerprint density at radius 2 is 1.67 bits per heavy atom. The molecule has 1 amide bonds. The van der Waals surface area contributed by atoms with Crippen molar-refractivity contribution in [3.8, 4) is 0 Å². The first-order valence-electron chi connectivity index (χ1n) is 8.56. The summed E-state index contributed by atoms with van der Waals surface area (Å²) in [6, 6.07) is 15.1. The quantitative estimate of drug-likeness (QED) is 0.519. The molecule has 3 rings (SSSR count). The third-order valence-electron chi connectivity index (χ3n) is 4.72. The average molecular weight is 364 g/mol. The molecule has 0 aliphatic rings. The first-order valence-corrected chi connectivity index (χ1v) is 8.56. The average Bonchev–Trinajstić information content (AvgIpc) is 2.92. The summed E-state index contributed by atoms with van der Waals surface area (Å²) in [4.78, 5) is 36.9. The van der Waals surface area contributed by atoms with Gasteiger partial charge in [-0.25, -0.2) is 4.79 Å². The number of fused-ring (bicyclic) bond motifs is 1. The molecular weight excluding hydrogens is 344 g/mol. The van der Waals surface area contributed by atoms with Crippen LogP contribution < -0.4 is 5.32 Å². The number of benzene rings is 2. The number of Topliss-reactive ketones (excluding diaryl/α,β-unsaturated/α-hetero) is 1. The Balaban J connectivity index is 1.86. The van der Waals surface area contributed by atoms with Gasteiger partial charge in [-0.2, -0.15) is 0 Å². The summed E-state index contributed by atoms with van der Waals surface area (Å²) < 4.78 is 1.84. The van der Waals surface area contributed by atoms with Gasteiger partial charge in [-0.1, -0.05) is 48.5 Å². The van der Waals surface area contributed by atoms with E-state index in [-0.39, 0.29) is 6.42 Å². The van der Waals surface area contributed by atoms with Gasteiger partial charge in [0.25, 0.3) is 11.7 Å². The van der Waals surface area contributed by atoms with Crippen LogP contribution in [0.2, 0.25) is 0 Å². The zero-order valence-corrected chi connectivity index (χ0v) is 15.1. The van der Waals surface area contributed by atoms with Gasteiger partial charge in [0.05, 0.1) is 5.56 Å². The summed E-state index contributed by atoms with van der Waals surface area (Å²) in [6.07, 6.45) is 0.101. The molecule has 0 fully saturated rings. The number of nitrogens with one attached hydrogen (secondary N) is 1. The second-order valence-electron chi connectivity index (χ2n) is 6.42. The Hall–Kier alpha value is -3.41. The van der Waals surface area contributed by atoms with Crippen molar-refractivity contribution in [2.45, 2.75) is 19.4 Å². The Morgan fingerprint density at radius 3 is 2.33 bits per heavy atom. The van der Waals surface area contributed by atoms with Crippen LogP contribution in [-0.4, -0.2) is 33.4 Å². The molecule has 0 spiro atoms. The molecule has 0 bridgehead atoms. The van der Waals surface area contributed by atoms with Crippen LogP contribution in [-0.2, 0) is 23.1 Å². The lowest BCUT2D eigenvalue weighted by Crippen LogP contribution is -2.45. The first-order chi connectivity index (χ1) is 12.9. The van der Waals surface area contributed by atoms with Gasteiger partial charge in [-0.3, -0.25) is 9.59 Å². The lowest BCUT2D eigenvalue weighted by Gasteiger charge is -2.14. The van der Waals surface area contributed by atoms with Gasteiger partial charge in [-0.15, -0.1) is 0 Å². The summed E-state index contributed by atoms with van der Waals surface area (Å²) in [5.74, 6) is -2.84. The number of nitrogens with zero attached hydrogens (tertiary/aromatic N) is 1. The molecule has 1 aromatic heterocycles. The van der Waals surface area contributed by atoms with E-state index >= 15 is 0 Å². The predicted octanol–water partition coefficient (Wildman–Crippen LogP) is 2.48. The van der Waals surface area contributed by atoms with Gasteiger partial charge in [0.15, 0.2) is 0 Å². The molecule has 1 heterocycles. The van der Waals surface area contributed by atoms with Crippen molar-refractivity contribution in [1.82, 2.24) is 9.88 Å². The van der Waals surface area contributed by atoms with Crippen molar-refractivity contribution < 1.29 is 19.5 Å². The maximum atomic E-state index is 12.8. The number of amides is 1. The number of carboxylic acids is 1. The molecule has 0 saturated carbocycles. The van der Waals surface area contributed by atoms with Crippen LogP contribution in [0.15, 0.2) is 54.6 Å². The topological polar surface area (TPSA) is 88.4 Å². The van der Waals surface area contributed by atoms with Crippen LogP contribution >= 0.6 is 0 Å². The molecule has 0 aliphatic heterocycles. The van der Waals surface area contributed by atoms with E-state index in [0.29, 0.717) is 16.6 Å². The van der Waals surface area contributed by atoms with E-state index in [1.54, 1.807) is 43.3 Å². The summed E-state index contributed by atoms with van der Waals surface area (Å²) in [6.45, 7) is 1.76. The van der Waals surface area contributed by atoms with Gasteiger partial charge >= 0.3 is 5.97 Å². The van der Waals surface area contributed by atoms with Crippen molar-refractivity contribution in [3.63, 3.8) is 0 Å². The smallest absolute Gasteiger partial charge is 0.326 e. The van der Waals surface area contributed by atoms with E-state index in [2.05, 4.69) is 5.32 Å². The standard InChI is InChI=1S/C21H20N2O4/c1-13-18(15-10-6-7-11-17(15)23(13)2)19(24)20(25)22-16(21(26)27)12-14-8-4-3-5-9-14/h3-11,16H,12H2,1-2H3,(H,22,25)(H,26,27)/t16-/m1/s1. The highest BCUT2D eigenvalue weighted by Gasteiger charge is 2.28. The Morgan fingerprint density at radius 1 is 1.04 bits per heavy atom. The predicted molar refractivity (Wildman–Crippen MR) is 102 cm³/mol. The van der Waals surface area contributed by atoms with Crippen molar-refractivity contribution >= 4 is 28.6 Å². The largest absolute Gasteiger partial charge is 0.480 e. The minimum absolute atomic E-state index is 0.101. The van der Waals surface area contributed by atoms with Gasteiger partial charge < -0.3 is 15.0 Å². The summed E-state index contributed by atoms with van der Waals surface area (Å²) in [5, 5.41) is 12.5. The van der Waals surface area contributed by atoms with E-state index in [9.17, 15) is 19.5 Å². The number of aromatic nitrogens is 1. The molecule has 3 aromatic rings. The summed E-state index contributed by atoms with van der Waals surface area (Å²) in [5.41, 5.74) is 2.56. The van der Waals surface area contributed by atoms with Gasteiger partial charge in [-0.05, 0) is 18.6 Å². The fraction of sp³-hybridized carbons (Fsp3) is 0.190. The number of aryl methyl sites for hydroxylation is 1. The van der Waals surface area contributed by atoms with Crippen molar-refractivity contribution in [3.05, 3.63) is 71.4 Å². The van der Waals surface area contributed by atoms with Crippen molar-refractivity contribution in [1.29, 1.82) is 0 Å². The number of aliphatic carboxylic acids is 1. The van der Waals surface area contributed by atoms with Gasteiger partial charge in [0, 0.05) is 30.1 Å². The fourth-order valence-electron chi connectivity index (χ4n) is 3.19. The highest BCUT2D eigenvalue weighted by atomic mass is 16.4. The number of hydrogen-bond donors (Lipinski definition) is 2. The second kappa shape index (κ2) is 7.45. The first kappa shape index (κ1) is 18.4. The zero-order chi connectivity index (χ0) is 19.6. The number of para-hydroxylation sites is 1. The van der Waals surface area contributed by atoms with E-state index in [1.807, 2.05) is 29.8 Å². The highest BCUT2D eigenvalue weighted by Crippen LogP contribution is 2.25. The summed E-state index contributed by atoms with van der Waals surface area (Å²) >= 11 is 0. The molecule has 0 aliphatic carbocycles. The molecule has 6 nitrogen and oxygen atoms in total. The number of rotatable bonds is 6. The van der Waals surface area contributed by atoms with Gasteiger partial charge in [0.2, 0.25) is 0 Å². The summed E-state index contributed by atoms with van der Waals surface area (Å²) in [7, 11) is 1.82. The minimum atomic E-state index is -1.19. The second-order valence-corrected chi connectivity index (χ2v) is 6.42. The maximum absolute atomic E-state index is 12.8. The molecule has 2 aromatic carbocycles. The highest BCUT2D eigenvalue weighted by molar-refractivity contribution is 6.45. The molecule has 27 heavy (non-hydrogen) atoms. The molecule has 0 saturated heterocycles. The number of carboxylic acid groups (broad SMARTS) is 1. The minimum Gasteiger partial charge on any atom is -0.480 e. The van der Waals surface area contributed by atoms with Crippen LogP contribution in [0, 0.1) is 6.92 Å². The molecular formula is C21H20N2O4. The number of hydrogen-bond acceptors (Lipinski definition) is 3. The van der Waals surface area contributed by atoms with Crippen molar-refractivity contribution in [2.75, 3.05) is 0 Å². The lowest BCUT2D eigenvalue weighted by atomic mass is 10.0. The third kappa shape index (κ3) is 3.60. The maximum Gasteiger partial charge on any atom is 0.326 e. The molecule has 6 heteroatoms. The lowest BCUT2D eigenvalue weighted by molar-refractivity contribution is -0.141. The Bertz CT molecular complexity index is 1020. The van der Waals surface area contributed by atoms with Crippen LogP contribution in [0.3, 0.4) is 0 Å². The molecule has 0 unspecified atom stereocenters. The van der Waals surface area contributed by atoms with Crippen LogP contribution in [0.5, 0.6) is 0 Å². The van der Waals surface area contributed by atoms with Crippen molar-refractivity contribution in [2.24, 2.45) is 7.05 Å². The monoisotopic (exact) mass is 364 g/mol. The van der Waals surface area contributed by atoms with Crippen LogP contribution in [0.1, 0.15) is 21.6 Å². The Kier molecular flexibility index (Phi) is 5.07. The normalized spacial score (nSPS) is 11.9. The SMILES string of the molecule is Cc1c(C(=O)C(=O)N[C@H](Cc2ccccc2)C(=O)O)c2ccccc2n1C. The number of carbonyl (C=O) groups is 3. The fourth-order valence-corrected chi connectivity index (χ4v) is 3.19. The number of ketones is 1. The van der Waals surface area contributed by atoms with Gasteiger partial charge in [0.1, 0.15) is 6.04 Å².